The van der Waals surface area contributed by atoms with Gasteiger partial charge in [0.25, 0.3) is 5.91 Å². The van der Waals surface area contributed by atoms with E-state index in [1.54, 1.807) is 6.92 Å². The van der Waals surface area contributed by atoms with E-state index in [4.69, 9.17) is 15.2 Å². The number of aliphatic hydroxyl groups is 2. The number of methoxy groups -OCH3 is 2. The Morgan fingerprint density at radius 1 is 1.38 bits per heavy atom. The Morgan fingerprint density at radius 3 is 2.43 bits per heavy atom. The molecule has 1 aliphatic carbocycles. The van der Waals surface area contributed by atoms with Crippen LogP contribution in [-0.2, 0) is 14.3 Å². The van der Waals surface area contributed by atoms with Gasteiger partial charge in [-0.3, -0.25) is 4.79 Å². The number of hydrogen-bond acceptors (Lipinski definition) is 6. The zero-order chi connectivity index (χ0) is 16.2. The molecule has 0 aliphatic heterocycles. The van der Waals surface area contributed by atoms with Crippen molar-refractivity contribution in [1.29, 1.82) is 0 Å². The van der Waals surface area contributed by atoms with Crippen molar-refractivity contribution in [2.75, 3.05) is 14.2 Å². The molecule has 0 bridgehead atoms. The first-order chi connectivity index (χ1) is 9.87. The highest BCUT2D eigenvalue weighted by Crippen LogP contribution is 2.26. The van der Waals surface area contributed by atoms with Crippen LogP contribution in [0, 0.1) is 0 Å². The molecule has 21 heavy (non-hydrogen) atoms. The van der Waals surface area contributed by atoms with Gasteiger partial charge in [0.15, 0.2) is 6.10 Å². The third-order valence-electron chi connectivity index (χ3n) is 3.89. The fraction of sp³-hybridized carbons (Fsp3) is 0.923. The molecule has 7 nitrogen and oxygen atoms in total. The van der Waals surface area contributed by atoms with Crippen LogP contribution in [-0.4, -0.2) is 73.0 Å². The lowest BCUT2D eigenvalue weighted by Crippen LogP contribution is -2.63. The lowest BCUT2D eigenvalue weighted by atomic mass is 9.84. The van der Waals surface area contributed by atoms with E-state index < -0.39 is 48.6 Å². The molecular weight excluding hydrogens is 283 g/mol. The third-order valence-corrected chi connectivity index (χ3v) is 3.89. The number of carbonyl (C=O) groups excluding carboxylic acids is 1. The first-order valence-electron chi connectivity index (χ1n) is 6.99. The number of nitrogens with two attached hydrogens (primary N) is 1. The SMILES string of the molecule is CCC(O)C(O)C(=O)N[C@@H]1C[C@H](N)[C@@H](OC)[C@H](OC)C1F. The van der Waals surface area contributed by atoms with Gasteiger partial charge in [-0.25, -0.2) is 4.39 Å². The van der Waals surface area contributed by atoms with Crippen molar-refractivity contribution in [2.45, 2.75) is 62.4 Å². The zero-order valence-electron chi connectivity index (χ0n) is 12.5. The van der Waals surface area contributed by atoms with Crippen LogP contribution in [0.4, 0.5) is 4.39 Å². The van der Waals surface area contributed by atoms with Gasteiger partial charge < -0.3 is 30.7 Å². The van der Waals surface area contributed by atoms with Crippen LogP contribution in [0.3, 0.4) is 0 Å². The molecular formula is C13H25FN2O5. The van der Waals surface area contributed by atoms with E-state index in [1.807, 2.05) is 0 Å². The molecule has 0 radical (unpaired) electrons. The largest absolute Gasteiger partial charge is 0.390 e. The fourth-order valence-corrected chi connectivity index (χ4v) is 2.59. The second-order valence-electron chi connectivity index (χ2n) is 5.28. The average Bonchev–Trinajstić information content (AvgIpc) is 2.48. The van der Waals surface area contributed by atoms with E-state index in [1.165, 1.54) is 14.2 Å². The predicted octanol–water partition coefficient (Wildman–Crippen LogP) is -1.30. The average molecular weight is 308 g/mol. The molecule has 7 atom stereocenters. The summed E-state index contributed by atoms with van der Waals surface area (Å²) >= 11 is 0. The number of ether oxygens (including phenoxy) is 2. The van der Waals surface area contributed by atoms with Crippen molar-refractivity contribution in [2.24, 2.45) is 5.73 Å². The molecule has 5 N–H and O–H groups in total. The van der Waals surface area contributed by atoms with Gasteiger partial charge in [-0.2, -0.15) is 0 Å². The van der Waals surface area contributed by atoms with E-state index in [0.29, 0.717) is 0 Å². The zero-order valence-corrected chi connectivity index (χ0v) is 12.5. The Bertz CT molecular complexity index is 347. The minimum atomic E-state index is -1.60. The van der Waals surface area contributed by atoms with Crippen LogP contribution >= 0.6 is 0 Å². The van der Waals surface area contributed by atoms with Crippen LogP contribution in [0.1, 0.15) is 19.8 Å². The van der Waals surface area contributed by atoms with Crippen molar-refractivity contribution in [1.82, 2.24) is 5.32 Å². The molecule has 1 aliphatic rings. The number of amides is 1. The van der Waals surface area contributed by atoms with Gasteiger partial charge in [0.1, 0.15) is 18.4 Å². The van der Waals surface area contributed by atoms with Gasteiger partial charge in [-0.05, 0) is 12.8 Å². The Morgan fingerprint density at radius 2 is 1.95 bits per heavy atom. The minimum Gasteiger partial charge on any atom is -0.390 e. The molecule has 124 valence electrons. The topological polar surface area (TPSA) is 114 Å². The van der Waals surface area contributed by atoms with Gasteiger partial charge in [-0.15, -0.1) is 0 Å². The maximum atomic E-state index is 14.4. The normalized spacial score (nSPS) is 36.0. The summed E-state index contributed by atoms with van der Waals surface area (Å²) in [6.07, 6.45) is -5.45. The molecule has 1 saturated carbocycles. The summed E-state index contributed by atoms with van der Waals surface area (Å²) in [6.45, 7) is 1.62. The lowest BCUT2D eigenvalue weighted by molar-refractivity contribution is -0.141. The predicted molar refractivity (Wildman–Crippen MR) is 73.3 cm³/mol. The molecule has 3 unspecified atom stereocenters. The number of alkyl halides is 1. The van der Waals surface area contributed by atoms with E-state index in [-0.39, 0.29) is 12.8 Å². The molecule has 1 rings (SSSR count). The third kappa shape index (κ3) is 4.10. The van der Waals surface area contributed by atoms with Crippen LogP contribution < -0.4 is 11.1 Å². The molecule has 0 aromatic heterocycles. The monoisotopic (exact) mass is 308 g/mol. The smallest absolute Gasteiger partial charge is 0.251 e. The van der Waals surface area contributed by atoms with E-state index in [0.717, 1.165) is 0 Å². The lowest BCUT2D eigenvalue weighted by Gasteiger charge is -2.41. The molecule has 0 aromatic rings. The molecule has 0 spiro atoms. The van der Waals surface area contributed by atoms with Crippen LogP contribution in [0.15, 0.2) is 0 Å². The molecule has 1 fully saturated rings. The Balaban J connectivity index is 2.73. The molecule has 0 aromatic carbocycles. The Hall–Kier alpha value is -0.800. The molecule has 0 saturated heterocycles. The van der Waals surface area contributed by atoms with E-state index in [9.17, 15) is 19.4 Å². The van der Waals surface area contributed by atoms with Crippen molar-refractivity contribution >= 4 is 5.91 Å². The quantitative estimate of drug-likeness (QED) is 0.485. The highest BCUT2D eigenvalue weighted by atomic mass is 19.1. The van der Waals surface area contributed by atoms with Gasteiger partial charge in [-0.1, -0.05) is 6.92 Å². The van der Waals surface area contributed by atoms with Crippen molar-refractivity contribution in [3.8, 4) is 0 Å². The summed E-state index contributed by atoms with van der Waals surface area (Å²) in [7, 11) is 2.76. The first kappa shape index (κ1) is 18.2. The van der Waals surface area contributed by atoms with Crippen molar-refractivity contribution < 1.29 is 28.9 Å². The summed E-state index contributed by atoms with van der Waals surface area (Å²) < 4.78 is 24.6. The number of nitrogens with one attached hydrogen (secondary N) is 1. The number of carbonyl (C=O) groups is 1. The Kier molecular flexibility index (Phi) is 6.95. The maximum Gasteiger partial charge on any atom is 0.251 e. The van der Waals surface area contributed by atoms with Crippen molar-refractivity contribution in [3.63, 3.8) is 0 Å². The summed E-state index contributed by atoms with van der Waals surface area (Å²) in [5.41, 5.74) is 5.91. The minimum absolute atomic E-state index is 0.153. The summed E-state index contributed by atoms with van der Waals surface area (Å²) in [6, 6.07) is -1.41. The number of aliphatic hydroxyl groups excluding tert-OH is 2. The number of rotatable bonds is 6. The molecule has 8 heteroatoms. The second kappa shape index (κ2) is 8.00. The van der Waals surface area contributed by atoms with Gasteiger partial charge in [0, 0.05) is 20.3 Å². The molecule has 1 amide bonds. The molecule has 0 heterocycles. The van der Waals surface area contributed by atoms with Gasteiger partial charge in [0.2, 0.25) is 0 Å². The van der Waals surface area contributed by atoms with Gasteiger partial charge >= 0.3 is 0 Å². The van der Waals surface area contributed by atoms with Crippen LogP contribution in [0.25, 0.3) is 0 Å². The second-order valence-corrected chi connectivity index (χ2v) is 5.28. The van der Waals surface area contributed by atoms with Crippen molar-refractivity contribution in [3.05, 3.63) is 0 Å². The number of hydrogen-bond donors (Lipinski definition) is 4. The Labute approximate surface area is 123 Å². The van der Waals surface area contributed by atoms with Crippen LogP contribution in [0.2, 0.25) is 0 Å². The fourth-order valence-electron chi connectivity index (χ4n) is 2.59. The number of halogens is 1. The summed E-state index contributed by atoms with van der Waals surface area (Å²) in [5.74, 6) is -0.824. The van der Waals surface area contributed by atoms with E-state index in [2.05, 4.69) is 5.32 Å². The first-order valence-corrected chi connectivity index (χ1v) is 6.99. The van der Waals surface area contributed by atoms with E-state index >= 15 is 0 Å². The highest BCUT2D eigenvalue weighted by molar-refractivity contribution is 5.81. The maximum absolute atomic E-state index is 14.4. The highest BCUT2D eigenvalue weighted by Gasteiger charge is 2.45. The standard InChI is InChI=1S/C13H25FN2O5/c1-4-8(17)10(18)13(19)16-7-5-6(15)11(20-2)12(21-3)9(7)14/h6-12,17-18H,4-5,15H2,1-3H3,(H,16,19)/t6-,7+,8?,9?,10?,11+,12+/m0/s1. The summed E-state index contributed by atoms with van der Waals surface area (Å²) in [5, 5.41) is 21.5. The van der Waals surface area contributed by atoms with Gasteiger partial charge in [0.05, 0.1) is 12.1 Å². The van der Waals surface area contributed by atoms with Crippen LogP contribution in [0.5, 0.6) is 0 Å². The summed E-state index contributed by atoms with van der Waals surface area (Å²) in [4.78, 5) is 11.8.